The number of amides is 1. The van der Waals surface area contributed by atoms with Crippen LogP contribution in [0.4, 0.5) is 5.69 Å². The lowest BCUT2D eigenvalue weighted by molar-refractivity contribution is -0.122. The average Bonchev–Trinajstić information content (AvgIpc) is 2.68. The van der Waals surface area contributed by atoms with Crippen LogP contribution in [0.5, 0.6) is 5.75 Å². The van der Waals surface area contributed by atoms with Crippen LogP contribution in [0, 0.1) is 0 Å². The Kier molecular flexibility index (Phi) is 7.86. The van der Waals surface area contributed by atoms with Gasteiger partial charge in [-0.3, -0.25) is 4.79 Å². The molecule has 2 aromatic carbocycles. The summed E-state index contributed by atoms with van der Waals surface area (Å²) in [4.78, 5) is 24.4. The van der Waals surface area contributed by atoms with Crippen LogP contribution in [0.15, 0.2) is 48.5 Å². The van der Waals surface area contributed by atoms with Crippen molar-refractivity contribution in [2.45, 2.75) is 46.1 Å². The van der Waals surface area contributed by atoms with Gasteiger partial charge in [-0.2, -0.15) is 0 Å². The molecule has 0 spiro atoms. The highest BCUT2D eigenvalue weighted by Gasteiger charge is 2.16. The summed E-state index contributed by atoms with van der Waals surface area (Å²) >= 11 is 0. The number of anilines is 1. The van der Waals surface area contributed by atoms with Gasteiger partial charge in [-0.25, -0.2) is 4.79 Å². The molecule has 1 N–H and O–H groups in total. The van der Waals surface area contributed by atoms with Crippen LogP contribution >= 0.6 is 0 Å². The van der Waals surface area contributed by atoms with Crippen molar-refractivity contribution < 1.29 is 19.1 Å². The molecule has 0 saturated carbocycles. The van der Waals surface area contributed by atoms with Gasteiger partial charge in [-0.05, 0) is 55.7 Å². The van der Waals surface area contributed by atoms with Crippen molar-refractivity contribution in [1.82, 2.24) is 0 Å². The van der Waals surface area contributed by atoms with E-state index in [0.29, 0.717) is 23.6 Å². The molecule has 0 aromatic heterocycles. The number of ether oxygens (including phenoxy) is 2. The maximum Gasteiger partial charge on any atom is 0.338 e. The minimum absolute atomic E-state index is 0.284. The lowest BCUT2D eigenvalue weighted by atomic mass is 10.1. The van der Waals surface area contributed by atoms with Gasteiger partial charge in [-0.1, -0.05) is 38.5 Å². The molecule has 1 unspecified atom stereocenters. The first-order valence-electron chi connectivity index (χ1n) is 9.37. The molecule has 0 saturated heterocycles. The third-order valence-electron chi connectivity index (χ3n) is 4.09. The Morgan fingerprint density at radius 3 is 2.59 bits per heavy atom. The third-order valence-corrected chi connectivity index (χ3v) is 4.09. The summed E-state index contributed by atoms with van der Waals surface area (Å²) in [7, 11) is 0. The first-order chi connectivity index (χ1) is 13.0. The number of carbonyl (C=O) groups excluding carboxylic acids is 2. The van der Waals surface area contributed by atoms with Crippen molar-refractivity contribution in [3.8, 4) is 5.75 Å². The average molecular weight is 369 g/mol. The van der Waals surface area contributed by atoms with Crippen molar-refractivity contribution >= 4 is 17.6 Å². The van der Waals surface area contributed by atoms with Crippen LogP contribution in [0.25, 0.3) is 0 Å². The van der Waals surface area contributed by atoms with Gasteiger partial charge in [0.15, 0.2) is 6.10 Å². The molecule has 0 bridgehead atoms. The minimum Gasteiger partial charge on any atom is -0.481 e. The van der Waals surface area contributed by atoms with Gasteiger partial charge in [0.1, 0.15) is 5.75 Å². The van der Waals surface area contributed by atoms with E-state index in [9.17, 15) is 9.59 Å². The van der Waals surface area contributed by atoms with Crippen molar-refractivity contribution in [2.24, 2.45) is 0 Å². The number of hydrogen-bond donors (Lipinski definition) is 1. The molecule has 1 atom stereocenters. The fraction of sp³-hybridized carbons (Fsp3) is 0.364. The third kappa shape index (κ3) is 6.44. The molecule has 144 valence electrons. The summed E-state index contributed by atoms with van der Waals surface area (Å²) in [5.41, 5.74) is 2.09. The Morgan fingerprint density at radius 1 is 1.07 bits per heavy atom. The summed E-state index contributed by atoms with van der Waals surface area (Å²) < 4.78 is 10.9. The van der Waals surface area contributed by atoms with Crippen LogP contribution in [0.1, 0.15) is 49.5 Å². The molecular formula is C22H27NO4. The van der Waals surface area contributed by atoms with Gasteiger partial charge < -0.3 is 14.8 Å². The fourth-order valence-corrected chi connectivity index (χ4v) is 2.46. The van der Waals surface area contributed by atoms with E-state index in [1.165, 1.54) is 0 Å². The van der Waals surface area contributed by atoms with E-state index in [1.807, 2.05) is 31.2 Å². The van der Waals surface area contributed by atoms with E-state index < -0.39 is 6.10 Å². The number of esters is 1. The zero-order valence-electron chi connectivity index (χ0n) is 16.2. The normalized spacial score (nSPS) is 11.5. The SMILES string of the molecule is CCCCOC(=O)c1cccc(NC(=O)C(C)Oc2cccc(CC)c2)c1. The quantitative estimate of drug-likeness (QED) is 0.518. The van der Waals surface area contributed by atoms with Crippen LogP contribution in [-0.2, 0) is 16.0 Å². The van der Waals surface area contributed by atoms with Gasteiger partial charge in [0, 0.05) is 5.69 Å². The molecule has 2 rings (SSSR count). The highest BCUT2D eigenvalue weighted by molar-refractivity contribution is 5.96. The predicted molar refractivity (Wildman–Crippen MR) is 106 cm³/mol. The molecule has 5 nitrogen and oxygen atoms in total. The minimum atomic E-state index is -0.669. The standard InChI is InChI=1S/C22H27NO4/c1-4-6-13-26-22(25)18-10-8-11-19(15-18)23-21(24)16(3)27-20-12-7-9-17(5-2)14-20/h7-12,14-16H,4-6,13H2,1-3H3,(H,23,24). The second-order valence-corrected chi connectivity index (χ2v) is 6.32. The van der Waals surface area contributed by atoms with E-state index in [-0.39, 0.29) is 11.9 Å². The molecule has 27 heavy (non-hydrogen) atoms. The maximum absolute atomic E-state index is 12.4. The largest absolute Gasteiger partial charge is 0.481 e. The first-order valence-corrected chi connectivity index (χ1v) is 9.37. The van der Waals surface area contributed by atoms with E-state index >= 15 is 0 Å². The zero-order valence-corrected chi connectivity index (χ0v) is 16.2. The fourth-order valence-electron chi connectivity index (χ4n) is 2.46. The maximum atomic E-state index is 12.4. The molecule has 0 aliphatic heterocycles. The lowest BCUT2D eigenvalue weighted by Gasteiger charge is -2.15. The number of hydrogen-bond acceptors (Lipinski definition) is 4. The molecule has 1 amide bonds. The molecule has 0 fully saturated rings. The van der Waals surface area contributed by atoms with Gasteiger partial charge >= 0.3 is 5.97 Å². The van der Waals surface area contributed by atoms with Crippen LogP contribution in [0.2, 0.25) is 0 Å². The Labute approximate surface area is 160 Å². The Balaban J connectivity index is 1.96. The van der Waals surface area contributed by atoms with E-state index in [2.05, 4.69) is 12.2 Å². The molecule has 2 aromatic rings. The van der Waals surface area contributed by atoms with E-state index in [1.54, 1.807) is 31.2 Å². The number of aryl methyl sites for hydroxylation is 1. The molecule has 5 heteroatoms. The Hall–Kier alpha value is -2.82. The first kappa shape index (κ1) is 20.5. The summed E-state index contributed by atoms with van der Waals surface area (Å²) in [6.07, 6.45) is 2.02. The highest BCUT2D eigenvalue weighted by Crippen LogP contribution is 2.17. The van der Waals surface area contributed by atoms with Crippen LogP contribution in [-0.4, -0.2) is 24.6 Å². The molecule has 0 radical (unpaired) electrons. The van der Waals surface area contributed by atoms with Crippen molar-refractivity contribution in [1.29, 1.82) is 0 Å². The van der Waals surface area contributed by atoms with Crippen molar-refractivity contribution in [2.75, 3.05) is 11.9 Å². The summed E-state index contributed by atoms with van der Waals surface area (Å²) in [6, 6.07) is 14.4. The van der Waals surface area contributed by atoms with Gasteiger partial charge in [0.25, 0.3) is 5.91 Å². The summed E-state index contributed by atoms with van der Waals surface area (Å²) in [5, 5.41) is 2.78. The van der Waals surface area contributed by atoms with Gasteiger partial charge in [0.05, 0.1) is 12.2 Å². The smallest absolute Gasteiger partial charge is 0.338 e. The molecule has 0 aliphatic carbocycles. The lowest BCUT2D eigenvalue weighted by Crippen LogP contribution is -2.30. The second-order valence-electron chi connectivity index (χ2n) is 6.32. The van der Waals surface area contributed by atoms with Crippen LogP contribution < -0.4 is 10.1 Å². The Bertz CT molecular complexity index is 772. The van der Waals surface area contributed by atoms with Crippen molar-refractivity contribution in [3.05, 3.63) is 59.7 Å². The van der Waals surface area contributed by atoms with E-state index in [4.69, 9.17) is 9.47 Å². The van der Waals surface area contributed by atoms with Gasteiger partial charge in [-0.15, -0.1) is 0 Å². The summed E-state index contributed by atoms with van der Waals surface area (Å²) in [6.45, 7) is 6.19. The number of carbonyl (C=O) groups is 2. The van der Waals surface area contributed by atoms with Crippen LogP contribution in [0.3, 0.4) is 0 Å². The molecule has 0 aliphatic rings. The zero-order chi connectivity index (χ0) is 19.6. The Morgan fingerprint density at radius 2 is 1.85 bits per heavy atom. The van der Waals surface area contributed by atoms with E-state index in [0.717, 1.165) is 24.8 Å². The monoisotopic (exact) mass is 369 g/mol. The topological polar surface area (TPSA) is 64.6 Å². The van der Waals surface area contributed by atoms with Gasteiger partial charge in [0.2, 0.25) is 0 Å². The number of nitrogens with one attached hydrogen (secondary N) is 1. The van der Waals surface area contributed by atoms with Crippen molar-refractivity contribution in [3.63, 3.8) is 0 Å². The molecule has 0 heterocycles. The second kappa shape index (κ2) is 10.4. The highest BCUT2D eigenvalue weighted by atomic mass is 16.5. The number of unbranched alkanes of at least 4 members (excludes halogenated alkanes) is 1. The number of rotatable bonds is 9. The predicted octanol–water partition coefficient (Wildman–Crippen LogP) is 4.61. The number of benzene rings is 2. The molecular weight excluding hydrogens is 342 g/mol. The summed E-state index contributed by atoms with van der Waals surface area (Å²) in [5.74, 6) is -0.0149.